The van der Waals surface area contributed by atoms with E-state index in [1.54, 1.807) is 4.90 Å². The minimum atomic E-state index is -0.213. The molecule has 0 saturated carbocycles. The van der Waals surface area contributed by atoms with E-state index in [0.717, 1.165) is 36.3 Å². The molecule has 118 valence electrons. The van der Waals surface area contributed by atoms with Gasteiger partial charge in [-0.3, -0.25) is 9.59 Å². The van der Waals surface area contributed by atoms with Gasteiger partial charge in [-0.25, -0.2) is 0 Å². The first-order valence-corrected chi connectivity index (χ1v) is 8.37. The largest absolute Gasteiger partial charge is 0.340 e. The first kappa shape index (κ1) is 15.5. The van der Waals surface area contributed by atoms with E-state index in [4.69, 9.17) is 0 Å². The molecule has 1 aromatic rings. The SMILES string of the molecule is CN1CCN(C(=O)C2CC(=O)N(c3cccc(Br)c3)C2)CC1. The lowest BCUT2D eigenvalue weighted by Gasteiger charge is -2.33. The van der Waals surface area contributed by atoms with E-state index in [-0.39, 0.29) is 17.7 Å². The Morgan fingerprint density at radius 2 is 1.95 bits per heavy atom. The number of benzene rings is 1. The van der Waals surface area contributed by atoms with Crippen LogP contribution >= 0.6 is 15.9 Å². The van der Waals surface area contributed by atoms with Crippen LogP contribution in [0.2, 0.25) is 0 Å². The molecule has 2 amide bonds. The monoisotopic (exact) mass is 365 g/mol. The van der Waals surface area contributed by atoms with Gasteiger partial charge in [0.1, 0.15) is 0 Å². The number of likely N-dealkylation sites (N-methyl/N-ethyl adjacent to an activating group) is 1. The van der Waals surface area contributed by atoms with Crippen molar-refractivity contribution in [2.24, 2.45) is 5.92 Å². The molecular formula is C16H20BrN3O2. The molecule has 0 N–H and O–H groups in total. The number of rotatable bonds is 2. The van der Waals surface area contributed by atoms with Crippen molar-refractivity contribution in [2.75, 3.05) is 44.7 Å². The fraction of sp³-hybridized carbons (Fsp3) is 0.500. The molecule has 2 aliphatic rings. The van der Waals surface area contributed by atoms with E-state index >= 15 is 0 Å². The average Bonchev–Trinajstić information content (AvgIpc) is 2.89. The molecule has 2 fully saturated rings. The number of halogens is 1. The summed E-state index contributed by atoms with van der Waals surface area (Å²) in [5, 5.41) is 0. The van der Waals surface area contributed by atoms with Crippen molar-refractivity contribution in [1.82, 2.24) is 9.80 Å². The molecule has 0 bridgehead atoms. The van der Waals surface area contributed by atoms with Gasteiger partial charge in [0.2, 0.25) is 11.8 Å². The van der Waals surface area contributed by atoms with E-state index in [0.29, 0.717) is 13.0 Å². The fourth-order valence-corrected chi connectivity index (χ4v) is 3.44. The second kappa shape index (κ2) is 6.38. The lowest BCUT2D eigenvalue weighted by Crippen LogP contribution is -2.49. The number of carbonyl (C=O) groups excluding carboxylic acids is 2. The van der Waals surface area contributed by atoms with Gasteiger partial charge in [-0.1, -0.05) is 22.0 Å². The van der Waals surface area contributed by atoms with Gasteiger partial charge < -0.3 is 14.7 Å². The van der Waals surface area contributed by atoms with E-state index < -0.39 is 0 Å². The molecule has 6 heteroatoms. The lowest BCUT2D eigenvalue weighted by atomic mass is 10.1. The Labute approximate surface area is 139 Å². The van der Waals surface area contributed by atoms with Gasteiger partial charge in [0.25, 0.3) is 0 Å². The van der Waals surface area contributed by atoms with Gasteiger partial charge in [0.15, 0.2) is 0 Å². The first-order valence-electron chi connectivity index (χ1n) is 7.58. The Bertz CT molecular complexity index is 585. The van der Waals surface area contributed by atoms with Gasteiger partial charge in [-0.15, -0.1) is 0 Å². The third kappa shape index (κ3) is 3.17. The summed E-state index contributed by atoms with van der Waals surface area (Å²) in [7, 11) is 2.07. The maximum atomic E-state index is 12.6. The van der Waals surface area contributed by atoms with Crippen LogP contribution in [0.4, 0.5) is 5.69 Å². The Hall–Kier alpha value is -1.40. The zero-order valence-electron chi connectivity index (χ0n) is 12.7. The molecule has 1 aromatic carbocycles. The standard InChI is InChI=1S/C16H20BrN3O2/c1-18-5-7-19(8-6-18)16(22)12-9-15(21)20(11-12)14-4-2-3-13(17)10-14/h2-4,10,12H,5-9,11H2,1H3. The number of carbonyl (C=O) groups is 2. The minimum Gasteiger partial charge on any atom is -0.340 e. The molecule has 22 heavy (non-hydrogen) atoms. The van der Waals surface area contributed by atoms with E-state index in [1.165, 1.54) is 0 Å². The van der Waals surface area contributed by atoms with Crippen molar-refractivity contribution < 1.29 is 9.59 Å². The summed E-state index contributed by atoms with van der Waals surface area (Å²) in [6.07, 6.45) is 0.317. The second-order valence-electron chi connectivity index (χ2n) is 6.01. The molecule has 0 aromatic heterocycles. The van der Waals surface area contributed by atoms with Crippen LogP contribution in [-0.2, 0) is 9.59 Å². The zero-order valence-corrected chi connectivity index (χ0v) is 14.3. The average molecular weight is 366 g/mol. The van der Waals surface area contributed by atoms with Crippen LogP contribution in [0.15, 0.2) is 28.7 Å². The van der Waals surface area contributed by atoms with Crippen LogP contribution in [0, 0.1) is 5.92 Å². The van der Waals surface area contributed by atoms with Gasteiger partial charge in [0.05, 0.1) is 5.92 Å². The molecule has 5 nitrogen and oxygen atoms in total. The zero-order chi connectivity index (χ0) is 15.7. The number of nitrogens with zero attached hydrogens (tertiary/aromatic N) is 3. The molecular weight excluding hydrogens is 346 g/mol. The van der Waals surface area contributed by atoms with E-state index in [9.17, 15) is 9.59 Å². The molecule has 2 heterocycles. The van der Waals surface area contributed by atoms with Gasteiger partial charge in [-0.05, 0) is 25.2 Å². The summed E-state index contributed by atoms with van der Waals surface area (Å²) in [6.45, 7) is 3.82. The maximum absolute atomic E-state index is 12.6. The number of piperazine rings is 1. The second-order valence-corrected chi connectivity index (χ2v) is 6.93. The quantitative estimate of drug-likeness (QED) is 0.798. The predicted molar refractivity (Wildman–Crippen MR) is 88.7 cm³/mol. The Balaban J connectivity index is 1.68. The number of hydrogen-bond acceptors (Lipinski definition) is 3. The minimum absolute atomic E-state index is 0.0329. The first-order chi connectivity index (χ1) is 10.5. The van der Waals surface area contributed by atoms with Crippen LogP contribution in [-0.4, -0.2) is 61.4 Å². The highest BCUT2D eigenvalue weighted by atomic mass is 79.9. The van der Waals surface area contributed by atoms with Gasteiger partial charge in [0, 0.05) is 49.3 Å². The summed E-state index contributed by atoms with van der Waals surface area (Å²) in [6, 6.07) is 7.66. The van der Waals surface area contributed by atoms with Crippen molar-refractivity contribution in [3.05, 3.63) is 28.7 Å². The summed E-state index contributed by atoms with van der Waals surface area (Å²) in [4.78, 5) is 30.7. The number of hydrogen-bond donors (Lipinski definition) is 0. The van der Waals surface area contributed by atoms with Gasteiger partial charge >= 0.3 is 0 Å². The third-order valence-electron chi connectivity index (χ3n) is 4.41. The molecule has 0 spiro atoms. The summed E-state index contributed by atoms with van der Waals surface area (Å²) in [5.74, 6) is -0.0561. The molecule has 0 radical (unpaired) electrons. The molecule has 1 atom stereocenters. The Morgan fingerprint density at radius 3 is 2.64 bits per heavy atom. The molecule has 1 unspecified atom stereocenters. The number of anilines is 1. The third-order valence-corrected chi connectivity index (χ3v) is 4.90. The van der Waals surface area contributed by atoms with Crippen molar-refractivity contribution in [3.63, 3.8) is 0 Å². The van der Waals surface area contributed by atoms with Crippen LogP contribution in [0.25, 0.3) is 0 Å². The van der Waals surface area contributed by atoms with Crippen LogP contribution < -0.4 is 4.90 Å². The van der Waals surface area contributed by atoms with Crippen molar-refractivity contribution in [2.45, 2.75) is 6.42 Å². The lowest BCUT2D eigenvalue weighted by molar-refractivity contribution is -0.137. The highest BCUT2D eigenvalue weighted by molar-refractivity contribution is 9.10. The topological polar surface area (TPSA) is 43.9 Å². The summed E-state index contributed by atoms with van der Waals surface area (Å²) in [5.41, 5.74) is 0.855. The predicted octanol–water partition coefficient (Wildman–Crippen LogP) is 1.58. The molecule has 2 saturated heterocycles. The number of amides is 2. The van der Waals surface area contributed by atoms with Crippen LogP contribution in [0.5, 0.6) is 0 Å². The van der Waals surface area contributed by atoms with Crippen molar-refractivity contribution in [3.8, 4) is 0 Å². The molecule has 2 aliphatic heterocycles. The summed E-state index contributed by atoms with van der Waals surface area (Å²) >= 11 is 3.42. The normalized spacial score (nSPS) is 23.2. The van der Waals surface area contributed by atoms with E-state index in [2.05, 4.69) is 27.9 Å². The Morgan fingerprint density at radius 1 is 1.23 bits per heavy atom. The van der Waals surface area contributed by atoms with Crippen LogP contribution in [0.1, 0.15) is 6.42 Å². The molecule has 0 aliphatic carbocycles. The smallest absolute Gasteiger partial charge is 0.228 e. The van der Waals surface area contributed by atoms with Crippen molar-refractivity contribution >= 4 is 33.4 Å². The highest BCUT2D eigenvalue weighted by Gasteiger charge is 2.37. The maximum Gasteiger partial charge on any atom is 0.228 e. The Kier molecular flexibility index (Phi) is 4.49. The van der Waals surface area contributed by atoms with Crippen LogP contribution in [0.3, 0.4) is 0 Å². The van der Waals surface area contributed by atoms with Gasteiger partial charge in [-0.2, -0.15) is 0 Å². The highest BCUT2D eigenvalue weighted by Crippen LogP contribution is 2.28. The van der Waals surface area contributed by atoms with Crippen molar-refractivity contribution in [1.29, 1.82) is 0 Å². The van der Waals surface area contributed by atoms with E-state index in [1.807, 2.05) is 29.2 Å². The molecule has 3 rings (SSSR count). The fourth-order valence-electron chi connectivity index (χ4n) is 3.05. The summed E-state index contributed by atoms with van der Waals surface area (Å²) < 4.78 is 0.937.